The number of carbonyl (C=O) groups excluding carboxylic acids is 1. The summed E-state index contributed by atoms with van der Waals surface area (Å²) in [5, 5.41) is 0. The van der Waals surface area contributed by atoms with Gasteiger partial charge in [0.25, 0.3) is 5.91 Å². The molecule has 2 aromatic heterocycles. The second kappa shape index (κ2) is 14.1. The molecule has 0 radical (unpaired) electrons. The minimum atomic E-state index is -0.108. The summed E-state index contributed by atoms with van der Waals surface area (Å²) in [5.41, 5.74) is 1.78. The van der Waals surface area contributed by atoms with Crippen LogP contribution < -0.4 is 4.74 Å². The number of nitrogens with zero attached hydrogens (tertiary/aromatic N) is 4. The molecule has 1 fully saturated rings. The number of aromatic amines is 2. The Hall–Kier alpha value is -3.13. The molecule has 1 aliphatic rings. The lowest BCUT2D eigenvalue weighted by Gasteiger charge is -2.37. The fourth-order valence-electron chi connectivity index (χ4n) is 5.79. The Labute approximate surface area is 227 Å². The number of benzene rings is 1. The van der Waals surface area contributed by atoms with Gasteiger partial charge >= 0.3 is 0 Å². The number of amides is 1. The van der Waals surface area contributed by atoms with E-state index in [0.717, 1.165) is 30.0 Å². The normalized spacial score (nSPS) is 17.6. The number of carbonyl (C=O) groups is 1. The summed E-state index contributed by atoms with van der Waals surface area (Å²) in [6.07, 6.45) is 16.9. The van der Waals surface area contributed by atoms with Crippen molar-refractivity contribution in [3.63, 3.8) is 0 Å². The topological polar surface area (TPSA) is 90.1 Å². The number of H-pyrrole nitrogens is 2. The van der Waals surface area contributed by atoms with E-state index in [2.05, 4.69) is 44.7 Å². The van der Waals surface area contributed by atoms with Gasteiger partial charge in [-0.2, -0.15) is 0 Å². The van der Waals surface area contributed by atoms with Gasteiger partial charge in [-0.1, -0.05) is 19.9 Å². The summed E-state index contributed by atoms with van der Waals surface area (Å²) < 4.78 is 5.71. The summed E-state index contributed by atoms with van der Waals surface area (Å²) >= 11 is 0. The first kappa shape index (κ1) is 27.9. The van der Waals surface area contributed by atoms with Gasteiger partial charge in [-0.05, 0) is 88.1 Å². The van der Waals surface area contributed by atoms with Crippen LogP contribution in [0, 0.1) is 5.92 Å². The Morgan fingerprint density at radius 1 is 0.974 bits per heavy atom. The largest absolute Gasteiger partial charge is 0.496 e. The zero-order valence-electron chi connectivity index (χ0n) is 23.3. The van der Waals surface area contributed by atoms with E-state index in [1.54, 1.807) is 36.8 Å². The highest BCUT2D eigenvalue weighted by molar-refractivity contribution is 5.97. The summed E-state index contributed by atoms with van der Waals surface area (Å²) in [4.78, 5) is 32.9. The lowest BCUT2D eigenvalue weighted by atomic mass is 9.82. The van der Waals surface area contributed by atoms with Crippen LogP contribution in [0.1, 0.15) is 86.4 Å². The van der Waals surface area contributed by atoms with Crippen molar-refractivity contribution in [3.8, 4) is 5.75 Å². The molecule has 38 heavy (non-hydrogen) atoms. The molecule has 0 saturated heterocycles. The van der Waals surface area contributed by atoms with Gasteiger partial charge < -0.3 is 24.5 Å². The summed E-state index contributed by atoms with van der Waals surface area (Å²) in [6, 6.07) is 6.81. The lowest BCUT2D eigenvalue weighted by molar-refractivity contribution is 0.0718. The van der Waals surface area contributed by atoms with E-state index in [9.17, 15) is 4.79 Å². The second-order valence-electron chi connectivity index (χ2n) is 10.5. The Morgan fingerprint density at radius 3 is 2.13 bits per heavy atom. The molecule has 0 spiro atoms. The van der Waals surface area contributed by atoms with Crippen molar-refractivity contribution < 1.29 is 9.53 Å². The van der Waals surface area contributed by atoms with Crippen LogP contribution in [0.2, 0.25) is 0 Å². The van der Waals surface area contributed by atoms with Crippen LogP contribution in [0.3, 0.4) is 0 Å². The van der Waals surface area contributed by atoms with Gasteiger partial charge in [0.05, 0.1) is 25.8 Å². The summed E-state index contributed by atoms with van der Waals surface area (Å²) in [6.45, 7) is 7.75. The molecule has 1 saturated carbocycles. The quantitative estimate of drug-likeness (QED) is 0.289. The van der Waals surface area contributed by atoms with Gasteiger partial charge in [-0.3, -0.25) is 4.79 Å². The minimum absolute atomic E-state index is 0.108. The Balaban J connectivity index is 1.37. The molecule has 2 N–H and O–H groups in total. The zero-order valence-corrected chi connectivity index (χ0v) is 23.3. The number of hydrogen-bond acceptors (Lipinski definition) is 5. The van der Waals surface area contributed by atoms with Crippen LogP contribution in [0.15, 0.2) is 43.0 Å². The van der Waals surface area contributed by atoms with E-state index in [4.69, 9.17) is 4.74 Å². The fraction of sp³-hybridized carbons (Fsp3) is 0.567. The molecule has 0 aliphatic heterocycles. The molecule has 8 heteroatoms. The first-order valence-electron chi connectivity index (χ1n) is 14.3. The van der Waals surface area contributed by atoms with Crippen LogP contribution in [0.25, 0.3) is 0 Å². The molecule has 0 unspecified atom stereocenters. The molecule has 1 amide bonds. The Morgan fingerprint density at radius 2 is 1.61 bits per heavy atom. The molecular formula is C30H44N6O2. The molecule has 2 heterocycles. The van der Waals surface area contributed by atoms with E-state index in [0.29, 0.717) is 24.4 Å². The van der Waals surface area contributed by atoms with Crippen LogP contribution in [-0.2, 0) is 19.5 Å². The summed E-state index contributed by atoms with van der Waals surface area (Å²) in [5.74, 6) is 2.74. The van der Waals surface area contributed by atoms with Crippen molar-refractivity contribution in [2.75, 3.05) is 20.2 Å². The van der Waals surface area contributed by atoms with Crippen LogP contribution in [0.4, 0.5) is 0 Å². The van der Waals surface area contributed by atoms with Crippen molar-refractivity contribution in [1.82, 2.24) is 29.7 Å². The van der Waals surface area contributed by atoms with Crippen molar-refractivity contribution in [1.29, 1.82) is 0 Å². The average molecular weight is 521 g/mol. The highest BCUT2D eigenvalue weighted by Crippen LogP contribution is 2.32. The number of ether oxygens (including phenoxy) is 1. The molecule has 0 atom stereocenters. The minimum Gasteiger partial charge on any atom is -0.496 e. The van der Waals surface area contributed by atoms with E-state index >= 15 is 0 Å². The van der Waals surface area contributed by atoms with Crippen molar-refractivity contribution >= 4 is 5.91 Å². The number of aryl methyl sites for hydroxylation is 1. The number of rotatable bonds is 14. The molecule has 0 bridgehead atoms. The third-order valence-electron chi connectivity index (χ3n) is 7.77. The molecule has 4 rings (SSSR count). The maximum atomic E-state index is 13.6. The third-order valence-corrected chi connectivity index (χ3v) is 7.77. The monoisotopic (exact) mass is 520 g/mol. The van der Waals surface area contributed by atoms with E-state index in [1.807, 2.05) is 12.1 Å². The maximum Gasteiger partial charge on any atom is 0.258 e. The van der Waals surface area contributed by atoms with Gasteiger partial charge in [0, 0.05) is 30.8 Å². The second-order valence-corrected chi connectivity index (χ2v) is 10.5. The molecule has 1 aromatic carbocycles. The standard InChI is InChI=1S/C30H44N6O2/c1-4-18-35(19-5-2)25-11-8-23(9-12-25)6-7-24-10-13-26(27(20-24)38-3)30(37)36(21-28-31-14-15-32-28)22-29-33-16-17-34-29/h10,13-17,20,23,25H,4-9,11-12,18-19,21-22H2,1-3H3,(H,31,32)(H,33,34). The predicted octanol–water partition coefficient (Wildman–Crippen LogP) is 5.60. The third kappa shape index (κ3) is 7.47. The van der Waals surface area contributed by atoms with E-state index in [1.165, 1.54) is 63.6 Å². The number of nitrogens with one attached hydrogen (secondary N) is 2. The highest BCUT2D eigenvalue weighted by atomic mass is 16.5. The van der Waals surface area contributed by atoms with Gasteiger partial charge in [0.15, 0.2) is 0 Å². The van der Waals surface area contributed by atoms with Crippen molar-refractivity contribution in [2.45, 2.75) is 84.3 Å². The van der Waals surface area contributed by atoms with Crippen molar-refractivity contribution in [2.24, 2.45) is 5.92 Å². The zero-order chi connectivity index (χ0) is 26.7. The van der Waals surface area contributed by atoms with Gasteiger partial charge in [0.2, 0.25) is 0 Å². The molecule has 1 aliphatic carbocycles. The first-order chi connectivity index (χ1) is 18.6. The first-order valence-corrected chi connectivity index (χ1v) is 14.3. The van der Waals surface area contributed by atoms with Gasteiger partial charge in [0.1, 0.15) is 17.4 Å². The number of hydrogen-bond donors (Lipinski definition) is 2. The number of imidazole rings is 2. The van der Waals surface area contributed by atoms with E-state index < -0.39 is 0 Å². The van der Waals surface area contributed by atoms with E-state index in [-0.39, 0.29) is 5.91 Å². The smallest absolute Gasteiger partial charge is 0.258 e. The van der Waals surface area contributed by atoms with Crippen LogP contribution in [0.5, 0.6) is 5.75 Å². The van der Waals surface area contributed by atoms with Crippen molar-refractivity contribution in [3.05, 3.63) is 65.8 Å². The number of methoxy groups -OCH3 is 1. The Bertz CT molecular complexity index is 1050. The Kier molecular flexibility index (Phi) is 10.4. The van der Waals surface area contributed by atoms with Crippen LogP contribution in [-0.4, -0.2) is 61.9 Å². The average Bonchev–Trinajstić information content (AvgIpc) is 3.66. The van der Waals surface area contributed by atoms with Gasteiger partial charge in [-0.25, -0.2) is 9.97 Å². The highest BCUT2D eigenvalue weighted by Gasteiger charge is 2.26. The summed E-state index contributed by atoms with van der Waals surface area (Å²) in [7, 11) is 1.64. The molecule has 8 nitrogen and oxygen atoms in total. The molecule has 3 aromatic rings. The predicted molar refractivity (Wildman–Crippen MR) is 150 cm³/mol. The maximum absolute atomic E-state index is 13.6. The number of aromatic nitrogens is 4. The van der Waals surface area contributed by atoms with Crippen LogP contribution >= 0.6 is 0 Å². The molecular weight excluding hydrogens is 476 g/mol. The lowest BCUT2D eigenvalue weighted by Crippen LogP contribution is -2.39. The molecule has 206 valence electrons. The SMILES string of the molecule is CCCN(CCC)C1CCC(CCc2ccc(C(=O)N(Cc3ncc[nH]3)Cc3ncc[nH]3)c(OC)c2)CC1. The fourth-order valence-corrected chi connectivity index (χ4v) is 5.79. The van der Waals surface area contributed by atoms with Gasteiger partial charge in [-0.15, -0.1) is 0 Å².